The molecule has 1 heterocycles. The minimum Gasteiger partial charge on any atom is -0.488 e. The van der Waals surface area contributed by atoms with Crippen LogP contribution in [0.5, 0.6) is 5.75 Å². The van der Waals surface area contributed by atoms with Crippen molar-refractivity contribution in [2.75, 3.05) is 6.54 Å². The van der Waals surface area contributed by atoms with Gasteiger partial charge >= 0.3 is 0 Å². The molecule has 0 aliphatic heterocycles. The van der Waals surface area contributed by atoms with Gasteiger partial charge in [0, 0.05) is 16.3 Å². The average Bonchev–Trinajstić information content (AvgIpc) is 2.93. The molecule has 0 amide bonds. The number of rotatable bonds is 8. The quantitative estimate of drug-likeness (QED) is 0.697. The Kier molecular flexibility index (Phi) is 6.27. The van der Waals surface area contributed by atoms with Crippen LogP contribution in [0.2, 0.25) is 0 Å². The first kappa shape index (κ1) is 16.1. The van der Waals surface area contributed by atoms with Gasteiger partial charge in [-0.1, -0.05) is 39.0 Å². The van der Waals surface area contributed by atoms with Crippen LogP contribution in [-0.2, 0) is 13.2 Å². The first-order valence-corrected chi connectivity index (χ1v) is 8.52. The molecule has 0 fully saturated rings. The molecule has 0 unspecified atom stereocenters. The molecule has 0 aliphatic carbocycles. The van der Waals surface area contributed by atoms with Crippen LogP contribution < -0.4 is 10.1 Å². The molecule has 1 aromatic carbocycles. The van der Waals surface area contributed by atoms with Crippen molar-refractivity contribution in [3.8, 4) is 5.75 Å². The lowest BCUT2D eigenvalue weighted by atomic mass is 10.0. The molecule has 21 heavy (non-hydrogen) atoms. The molecule has 0 atom stereocenters. The van der Waals surface area contributed by atoms with E-state index in [2.05, 4.69) is 56.4 Å². The monoisotopic (exact) mass is 303 g/mol. The molecular formula is C18H25NOS. The topological polar surface area (TPSA) is 21.3 Å². The fourth-order valence-electron chi connectivity index (χ4n) is 2.22. The minimum atomic E-state index is 0.485. The van der Waals surface area contributed by atoms with Gasteiger partial charge in [-0.2, -0.15) is 0 Å². The molecule has 2 aromatic rings. The zero-order chi connectivity index (χ0) is 15.1. The second-order valence-electron chi connectivity index (χ2n) is 5.53. The Hall–Kier alpha value is -1.32. The second-order valence-corrected chi connectivity index (χ2v) is 6.78. The third-order valence-corrected chi connectivity index (χ3v) is 4.41. The summed E-state index contributed by atoms with van der Waals surface area (Å²) in [6.07, 6.45) is 1.17. The van der Waals surface area contributed by atoms with Crippen LogP contribution in [0, 0.1) is 0 Å². The lowest BCUT2D eigenvalue weighted by Gasteiger charge is -2.13. The maximum absolute atomic E-state index is 6.01. The van der Waals surface area contributed by atoms with Crippen molar-refractivity contribution in [1.82, 2.24) is 5.32 Å². The van der Waals surface area contributed by atoms with E-state index in [1.54, 1.807) is 0 Å². The molecule has 1 aromatic heterocycles. The van der Waals surface area contributed by atoms with Gasteiger partial charge in [-0.15, -0.1) is 11.3 Å². The molecule has 114 valence electrons. The molecular weight excluding hydrogens is 278 g/mol. The van der Waals surface area contributed by atoms with Crippen LogP contribution >= 0.6 is 11.3 Å². The maximum Gasteiger partial charge on any atom is 0.123 e. The van der Waals surface area contributed by atoms with Gasteiger partial charge < -0.3 is 10.1 Å². The highest BCUT2D eigenvalue weighted by Crippen LogP contribution is 2.27. The van der Waals surface area contributed by atoms with Crippen molar-refractivity contribution >= 4 is 11.3 Å². The zero-order valence-corrected chi connectivity index (χ0v) is 14.0. The van der Waals surface area contributed by atoms with E-state index in [4.69, 9.17) is 4.74 Å². The summed E-state index contributed by atoms with van der Waals surface area (Å²) in [5, 5.41) is 3.43. The van der Waals surface area contributed by atoms with Gasteiger partial charge in [-0.05, 0) is 42.6 Å². The molecule has 0 aliphatic rings. The maximum atomic E-state index is 6.01. The number of hydrogen-bond donors (Lipinski definition) is 1. The molecule has 0 saturated carbocycles. The Morgan fingerprint density at radius 1 is 1.10 bits per heavy atom. The normalized spacial score (nSPS) is 11.0. The predicted octanol–water partition coefficient (Wildman–Crippen LogP) is 4.95. The van der Waals surface area contributed by atoms with Crippen molar-refractivity contribution in [1.29, 1.82) is 0 Å². The Morgan fingerprint density at radius 3 is 2.62 bits per heavy atom. The molecule has 3 heteroatoms. The predicted molar refractivity (Wildman–Crippen MR) is 91.2 cm³/mol. The van der Waals surface area contributed by atoms with E-state index in [-0.39, 0.29) is 0 Å². The van der Waals surface area contributed by atoms with Crippen LogP contribution in [0.15, 0.2) is 36.4 Å². The lowest BCUT2D eigenvalue weighted by molar-refractivity contribution is 0.305. The van der Waals surface area contributed by atoms with E-state index in [0.717, 1.165) is 18.8 Å². The number of para-hydroxylation sites is 1. The standard InChI is InChI=1S/C18H25NOS/c1-4-11-19-12-15-9-10-16(21-15)13-20-18-8-6-5-7-17(18)14(2)3/h5-10,14,19H,4,11-13H2,1-3H3. The van der Waals surface area contributed by atoms with Crippen LogP contribution in [0.4, 0.5) is 0 Å². The summed E-state index contributed by atoms with van der Waals surface area (Å²) >= 11 is 1.83. The molecule has 2 rings (SSSR count). The van der Waals surface area contributed by atoms with Crippen LogP contribution in [0.3, 0.4) is 0 Å². The minimum absolute atomic E-state index is 0.485. The van der Waals surface area contributed by atoms with Gasteiger partial charge in [0.05, 0.1) is 0 Å². The summed E-state index contributed by atoms with van der Waals surface area (Å²) in [4.78, 5) is 2.65. The molecule has 0 bridgehead atoms. The van der Waals surface area contributed by atoms with E-state index < -0.39 is 0 Å². The van der Waals surface area contributed by atoms with Gasteiger partial charge in [0.2, 0.25) is 0 Å². The van der Waals surface area contributed by atoms with Crippen molar-refractivity contribution in [2.45, 2.75) is 46.3 Å². The highest BCUT2D eigenvalue weighted by molar-refractivity contribution is 7.11. The summed E-state index contributed by atoms with van der Waals surface area (Å²) in [6, 6.07) is 12.7. The zero-order valence-electron chi connectivity index (χ0n) is 13.2. The van der Waals surface area contributed by atoms with E-state index in [9.17, 15) is 0 Å². The van der Waals surface area contributed by atoms with Crippen molar-refractivity contribution in [3.05, 3.63) is 51.7 Å². The first-order chi connectivity index (χ1) is 10.2. The average molecular weight is 303 g/mol. The van der Waals surface area contributed by atoms with Crippen LogP contribution in [-0.4, -0.2) is 6.54 Å². The molecule has 0 radical (unpaired) electrons. The van der Waals surface area contributed by atoms with E-state index >= 15 is 0 Å². The number of thiophene rings is 1. The number of benzene rings is 1. The van der Waals surface area contributed by atoms with Gasteiger partial charge in [-0.25, -0.2) is 0 Å². The number of nitrogens with one attached hydrogen (secondary N) is 1. The van der Waals surface area contributed by atoms with Crippen molar-refractivity contribution in [3.63, 3.8) is 0 Å². The van der Waals surface area contributed by atoms with Gasteiger partial charge in [0.25, 0.3) is 0 Å². The fraction of sp³-hybridized carbons (Fsp3) is 0.444. The van der Waals surface area contributed by atoms with Crippen molar-refractivity contribution < 1.29 is 4.74 Å². The van der Waals surface area contributed by atoms with E-state index in [1.807, 2.05) is 17.4 Å². The highest BCUT2D eigenvalue weighted by atomic mass is 32.1. The van der Waals surface area contributed by atoms with Crippen LogP contribution in [0.25, 0.3) is 0 Å². The first-order valence-electron chi connectivity index (χ1n) is 7.70. The molecule has 2 nitrogen and oxygen atoms in total. The third kappa shape index (κ3) is 4.87. The number of hydrogen-bond acceptors (Lipinski definition) is 3. The number of ether oxygens (including phenoxy) is 1. The third-order valence-electron chi connectivity index (χ3n) is 3.35. The molecule has 1 N–H and O–H groups in total. The lowest BCUT2D eigenvalue weighted by Crippen LogP contribution is -2.12. The Labute approximate surface area is 132 Å². The van der Waals surface area contributed by atoms with E-state index in [1.165, 1.54) is 21.7 Å². The van der Waals surface area contributed by atoms with Gasteiger partial charge in [0.1, 0.15) is 12.4 Å². The Balaban J connectivity index is 1.91. The van der Waals surface area contributed by atoms with Gasteiger partial charge in [-0.3, -0.25) is 0 Å². The van der Waals surface area contributed by atoms with Crippen molar-refractivity contribution in [2.24, 2.45) is 0 Å². The summed E-state index contributed by atoms with van der Waals surface area (Å²) in [6.45, 7) is 9.28. The summed E-state index contributed by atoms with van der Waals surface area (Å²) < 4.78 is 6.01. The highest BCUT2D eigenvalue weighted by Gasteiger charge is 2.07. The van der Waals surface area contributed by atoms with Crippen LogP contribution in [0.1, 0.15) is 48.4 Å². The summed E-state index contributed by atoms with van der Waals surface area (Å²) in [7, 11) is 0. The fourth-order valence-corrected chi connectivity index (χ4v) is 3.12. The largest absolute Gasteiger partial charge is 0.488 e. The molecule has 0 spiro atoms. The summed E-state index contributed by atoms with van der Waals surface area (Å²) in [5.41, 5.74) is 1.28. The Bertz CT molecular complexity index is 548. The van der Waals surface area contributed by atoms with Gasteiger partial charge in [0.15, 0.2) is 0 Å². The Morgan fingerprint density at radius 2 is 1.86 bits per heavy atom. The SMILES string of the molecule is CCCNCc1ccc(COc2ccccc2C(C)C)s1. The van der Waals surface area contributed by atoms with E-state index in [0.29, 0.717) is 12.5 Å². The molecule has 0 saturated heterocycles. The smallest absolute Gasteiger partial charge is 0.123 e. The summed E-state index contributed by atoms with van der Waals surface area (Å²) in [5.74, 6) is 1.49. The second kappa shape index (κ2) is 8.20.